The Kier molecular flexibility index (Phi) is 8.28. The molecule has 0 aromatic heterocycles. The lowest BCUT2D eigenvalue weighted by molar-refractivity contribution is -0.138. The van der Waals surface area contributed by atoms with Crippen LogP contribution in [0.2, 0.25) is 0 Å². The second kappa shape index (κ2) is 10.4. The Labute approximate surface area is 174 Å². The van der Waals surface area contributed by atoms with Crippen molar-refractivity contribution in [1.82, 2.24) is 15.5 Å². The smallest absolute Gasteiger partial charge is 0.240 e. The first-order chi connectivity index (χ1) is 12.6. The largest absolute Gasteiger partial charge is 0.352 e. The van der Waals surface area contributed by atoms with E-state index in [2.05, 4.69) is 26.6 Å². The molecule has 27 heavy (non-hydrogen) atoms. The Morgan fingerprint density at radius 2 is 1.89 bits per heavy atom. The zero-order valence-electron chi connectivity index (χ0n) is 14.9. The van der Waals surface area contributed by atoms with Gasteiger partial charge in [0.2, 0.25) is 11.8 Å². The molecule has 5 nitrogen and oxygen atoms in total. The van der Waals surface area contributed by atoms with E-state index in [-0.39, 0.29) is 30.6 Å². The maximum atomic E-state index is 12.7. The van der Waals surface area contributed by atoms with E-state index >= 15 is 0 Å². The highest BCUT2D eigenvalue weighted by Crippen LogP contribution is 2.15. The average molecular weight is 453 g/mol. The molecule has 1 heterocycles. The molecule has 0 radical (unpaired) electrons. The summed E-state index contributed by atoms with van der Waals surface area (Å²) in [6.45, 7) is 2.37. The maximum absolute atomic E-state index is 12.7. The minimum Gasteiger partial charge on any atom is -0.352 e. The van der Waals surface area contributed by atoms with Crippen LogP contribution in [0.25, 0.3) is 0 Å². The molecule has 1 atom stereocenters. The predicted molar refractivity (Wildman–Crippen MR) is 112 cm³/mol. The number of amides is 2. The Morgan fingerprint density at radius 3 is 2.63 bits per heavy atom. The number of carbonyl (C=O) groups excluding carboxylic acids is 2. The lowest BCUT2D eigenvalue weighted by Gasteiger charge is -2.33. The van der Waals surface area contributed by atoms with Crippen LogP contribution in [0.15, 0.2) is 59.1 Å². The fourth-order valence-electron chi connectivity index (χ4n) is 3.02. The van der Waals surface area contributed by atoms with E-state index in [4.69, 9.17) is 0 Å². The van der Waals surface area contributed by atoms with Crippen molar-refractivity contribution in [2.24, 2.45) is 0 Å². The summed E-state index contributed by atoms with van der Waals surface area (Å²) in [7, 11) is 0. The third-order valence-electron chi connectivity index (χ3n) is 4.37. The lowest BCUT2D eigenvalue weighted by Crippen LogP contribution is -2.55. The summed E-state index contributed by atoms with van der Waals surface area (Å²) in [5.41, 5.74) is 2.11. The highest BCUT2D eigenvalue weighted by Gasteiger charge is 2.29. The number of nitrogens with one attached hydrogen (secondary N) is 2. The number of benzene rings is 2. The molecule has 1 unspecified atom stereocenters. The van der Waals surface area contributed by atoms with Gasteiger partial charge >= 0.3 is 0 Å². The highest BCUT2D eigenvalue weighted by atomic mass is 79.9. The second-order valence-electron chi connectivity index (χ2n) is 6.36. The van der Waals surface area contributed by atoms with E-state index in [1.54, 1.807) is 0 Å². The molecule has 1 aliphatic heterocycles. The van der Waals surface area contributed by atoms with Crippen LogP contribution in [0.1, 0.15) is 17.5 Å². The summed E-state index contributed by atoms with van der Waals surface area (Å²) in [5, 5.41) is 6.05. The highest BCUT2D eigenvalue weighted by molar-refractivity contribution is 9.10. The van der Waals surface area contributed by atoms with Gasteiger partial charge < -0.3 is 15.5 Å². The first-order valence-corrected chi connectivity index (χ1v) is 9.48. The minimum atomic E-state index is -0.466. The quantitative estimate of drug-likeness (QED) is 0.708. The first kappa shape index (κ1) is 21.4. The van der Waals surface area contributed by atoms with E-state index in [0.29, 0.717) is 26.2 Å². The summed E-state index contributed by atoms with van der Waals surface area (Å²) in [4.78, 5) is 26.7. The van der Waals surface area contributed by atoms with E-state index in [0.717, 1.165) is 15.6 Å². The van der Waals surface area contributed by atoms with Crippen molar-refractivity contribution >= 4 is 40.2 Å². The maximum Gasteiger partial charge on any atom is 0.240 e. The van der Waals surface area contributed by atoms with Gasteiger partial charge in [0.1, 0.15) is 0 Å². The topological polar surface area (TPSA) is 61.4 Å². The summed E-state index contributed by atoms with van der Waals surface area (Å²) < 4.78 is 0.995. The van der Waals surface area contributed by atoms with Gasteiger partial charge in [0, 0.05) is 30.7 Å². The van der Waals surface area contributed by atoms with Gasteiger partial charge in [-0.1, -0.05) is 58.4 Å². The van der Waals surface area contributed by atoms with E-state index in [1.165, 1.54) is 0 Å². The monoisotopic (exact) mass is 451 g/mol. The molecular formula is C20H23BrClN3O2. The SMILES string of the molecule is Cl.O=C(CC1NCCN(Cc2cccc(Br)c2)C1=O)NCc1ccccc1. The molecule has 1 fully saturated rings. The Balaban J connectivity index is 0.00000261. The number of carbonyl (C=O) groups is 2. The van der Waals surface area contributed by atoms with Gasteiger partial charge in [0.25, 0.3) is 0 Å². The third-order valence-corrected chi connectivity index (χ3v) is 4.86. The van der Waals surface area contributed by atoms with Crippen LogP contribution in [-0.2, 0) is 22.7 Å². The molecule has 0 spiro atoms. The normalized spacial score (nSPS) is 16.6. The van der Waals surface area contributed by atoms with Gasteiger partial charge in [-0.05, 0) is 23.3 Å². The van der Waals surface area contributed by atoms with Crippen molar-refractivity contribution in [3.63, 3.8) is 0 Å². The molecule has 3 rings (SSSR count). The number of nitrogens with zero attached hydrogens (tertiary/aromatic N) is 1. The average Bonchev–Trinajstić information content (AvgIpc) is 2.64. The van der Waals surface area contributed by atoms with Crippen molar-refractivity contribution in [2.45, 2.75) is 25.6 Å². The van der Waals surface area contributed by atoms with Crippen LogP contribution < -0.4 is 10.6 Å². The van der Waals surface area contributed by atoms with E-state index < -0.39 is 6.04 Å². The molecule has 1 aliphatic rings. The van der Waals surface area contributed by atoms with Gasteiger partial charge in [0.15, 0.2) is 0 Å². The molecule has 2 N–H and O–H groups in total. The van der Waals surface area contributed by atoms with Crippen molar-refractivity contribution in [2.75, 3.05) is 13.1 Å². The number of hydrogen-bond donors (Lipinski definition) is 2. The fourth-order valence-corrected chi connectivity index (χ4v) is 3.46. The molecular weight excluding hydrogens is 430 g/mol. The van der Waals surface area contributed by atoms with Crippen LogP contribution in [0, 0.1) is 0 Å². The Bertz CT molecular complexity index is 773. The third kappa shape index (κ3) is 6.34. The summed E-state index contributed by atoms with van der Waals surface area (Å²) in [6, 6.07) is 17.2. The van der Waals surface area contributed by atoms with Crippen LogP contribution in [0.4, 0.5) is 0 Å². The molecule has 0 bridgehead atoms. The summed E-state index contributed by atoms with van der Waals surface area (Å²) >= 11 is 3.45. The van der Waals surface area contributed by atoms with Crippen molar-refractivity contribution in [3.05, 3.63) is 70.2 Å². The molecule has 2 aromatic rings. The standard InChI is InChI=1S/C20H22BrN3O2.ClH/c21-17-8-4-7-16(11-17)14-24-10-9-22-18(20(24)26)12-19(25)23-13-15-5-2-1-3-6-15;/h1-8,11,18,22H,9-10,12-14H2,(H,23,25);1H. The molecule has 144 valence electrons. The number of hydrogen-bond acceptors (Lipinski definition) is 3. The van der Waals surface area contributed by atoms with Gasteiger partial charge in [0.05, 0.1) is 12.5 Å². The first-order valence-electron chi connectivity index (χ1n) is 8.69. The Morgan fingerprint density at radius 1 is 1.15 bits per heavy atom. The molecule has 0 aliphatic carbocycles. The van der Waals surface area contributed by atoms with Gasteiger partial charge in [-0.25, -0.2) is 0 Å². The number of piperazine rings is 1. The van der Waals surface area contributed by atoms with E-state index in [1.807, 2.05) is 59.5 Å². The number of halogens is 2. The zero-order valence-corrected chi connectivity index (χ0v) is 17.3. The minimum absolute atomic E-state index is 0. The lowest BCUT2D eigenvalue weighted by atomic mass is 10.1. The van der Waals surface area contributed by atoms with Crippen LogP contribution in [0.5, 0.6) is 0 Å². The zero-order chi connectivity index (χ0) is 18.4. The Hall–Kier alpha value is -1.89. The van der Waals surface area contributed by atoms with Crippen LogP contribution in [-0.4, -0.2) is 35.8 Å². The molecule has 2 amide bonds. The molecule has 0 saturated carbocycles. The van der Waals surface area contributed by atoms with E-state index in [9.17, 15) is 9.59 Å². The van der Waals surface area contributed by atoms with Crippen molar-refractivity contribution < 1.29 is 9.59 Å². The summed E-state index contributed by atoms with van der Waals surface area (Å²) in [5.74, 6) is -0.143. The molecule has 1 saturated heterocycles. The van der Waals surface area contributed by atoms with Crippen molar-refractivity contribution in [1.29, 1.82) is 0 Å². The van der Waals surface area contributed by atoms with Gasteiger partial charge in [-0.15, -0.1) is 12.4 Å². The van der Waals surface area contributed by atoms with Crippen LogP contribution >= 0.6 is 28.3 Å². The van der Waals surface area contributed by atoms with Gasteiger partial charge in [-0.3, -0.25) is 9.59 Å². The van der Waals surface area contributed by atoms with Gasteiger partial charge in [-0.2, -0.15) is 0 Å². The molecule has 2 aromatic carbocycles. The fraction of sp³-hybridized carbons (Fsp3) is 0.300. The second-order valence-corrected chi connectivity index (χ2v) is 7.28. The summed E-state index contributed by atoms with van der Waals surface area (Å²) in [6.07, 6.45) is 0.153. The number of rotatable bonds is 6. The predicted octanol–water partition coefficient (Wildman–Crippen LogP) is 2.88. The van der Waals surface area contributed by atoms with Crippen molar-refractivity contribution in [3.8, 4) is 0 Å². The molecule has 7 heteroatoms. The van der Waals surface area contributed by atoms with Crippen LogP contribution in [0.3, 0.4) is 0 Å².